The zero-order valence-corrected chi connectivity index (χ0v) is 10.3. The quantitative estimate of drug-likeness (QED) is 0.798. The number of rotatable bonds is 5. The maximum atomic E-state index is 11.8. The van der Waals surface area contributed by atoms with Gasteiger partial charge in [-0.25, -0.2) is 13.1 Å². The van der Waals surface area contributed by atoms with E-state index in [0.717, 1.165) is 23.3 Å². The van der Waals surface area contributed by atoms with Crippen molar-refractivity contribution in [1.82, 2.24) is 14.9 Å². The third-order valence-corrected chi connectivity index (χ3v) is 4.85. The maximum absolute atomic E-state index is 11.8. The molecule has 0 unspecified atom stereocenters. The minimum atomic E-state index is -3.53. The molecule has 0 saturated heterocycles. The molecule has 0 amide bonds. The van der Waals surface area contributed by atoms with Gasteiger partial charge in [-0.1, -0.05) is 5.16 Å². The topological polar surface area (TPSA) is 111 Å². The minimum absolute atomic E-state index is 0.00527. The van der Waals surface area contributed by atoms with Gasteiger partial charge in [-0.15, -0.1) is 11.3 Å². The van der Waals surface area contributed by atoms with Crippen molar-refractivity contribution in [1.29, 1.82) is 0 Å². The molecular formula is C8H10N4O3S2. The summed E-state index contributed by atoms with van der Waals surface area (Å²) in [6, 6.07) is 1.54. The van der Waals surface area contributed by atoms with E-state index in [0.29, 0.717) is 6.54 Å². The van der Waals surface area contributed by atoms with Gasteiger partial charge >= 0.3 is 0 Å². The van der Waals surface area contributed by atoms with Crippen LogP contribution in [0.25, 0.3) is 0 Å². The van der Waals surface area contributed by atoms with E-state index in [2.05, 4.69) is 19.4 Å². The van der Waals surface area contributed by atoms with Crippen LogP contribution in [0.1, 0.15) is 11.4 Å². The molecule has 0 atom stereocenters. The van der Waals surface area contributed by atoms with Crippen molar-refractivity contribution < 1.29 is 12.9 Å². The summed E-state index contributed by atoms with van der Waals surface area (Å²) in [5, 5.41) is 5.22. The number of thiophene rings is 1. The highest BCUT2D eigenvalue weighted by Gasteiger charge is 2.17. The highest BCUT2D eigenvalue weighted by Crippen LogP contribution is 2.19. The number of nitrogens with zero attached hydrogens (tertiary/aromatic N) is 2. The van der Waals surface area contributed by atoms with Crippen molar-refractivity contribution in [2.24, 2.45) is 5.73 Å². The van der Waals surface area contributed by atoms with Gasteiger partial charge in [-0.2, -0.15) is 4.98 Å². The molecule has 0 aliphatic carbocycles. The fraction of sp³-hybridized carbons (Fsp3) is 0.250. The normalized spacial score (nSPS) is 11.8. The van der Waals surface area contributed by atoms with Crippen LogP contribution in [0.2, 0.25) is 0 Å². The van der Waals surface area contributed by atoms with Crippen LogP contribution in [-0.4, -0.2) is 18.6 Å². The Morgan fingerprint density at radius 1 is 1.53 bits per heavy atom. The van der Waals surface area contributed by atoms with Crippen LogP contribution in [0.3, 0.4) is 0 Å². The lowest BCUT2D eigenvalue weighted by atomic mass is 10.4. The van der Waals surface area contributed by atoms with Crippen LogP contribution >= 0.6 is 11.3 Å². The van der Waals surface area contributed by atoms with E-state index in [1.807, 2.05) is 0 Å². The first-order chi connectivity index (χ1) is 8.12. The van der Waals surface area contributed by atoms with Crippen LogP contribution in [0.15, 0.2) is 26.6 Å². The second-order valence-corrected chi connectivity index (χ2v) is 6.06. The van der Waals surface area contributed by atoms with Crippen LogP contribution < -0.4 is 10.5 Å². The van der Waals surface area contributed by atoms with E-state index in [1.54, 1.807) is 11.4 Å². The molecular weight excluding hydrogens is 264 g/mol. The molecule has 0 radical (unpaired) electrons. The van der Waals surface area contributed by atoms with Gasteiger partial charge in [0.25, 0.3) is 0 Å². The van der Waals surface area contributed by atoms with Gasteiger partial charge in [-0.05, 0) is 17.0 Å². The largest absolute Gasteiger partial charge is 0.343 e. The SMILES string of the molecule is NCc1csc(S(=O)(=O)NCc2ncon2)c1. The maximum Gasteiger partial charge on any atom is 0.250 e. The Hall–Kier alpha value is -1.29. The second-order valence-electron chi connectivity index (χ2n) is 3.15. The fourth-order valence-electron chi connectivity index (χ4n) is 1.10. The van der Waals surface area contributed by atoms with Gasteiger partial charge in [0.1, 0.15) is 4.21 Å². The number of aromatic nitrogens is 2. The Labute approximate surface area is 102 Å². The fourth-order valence-corrected chi connectivity index (χ4v) is 3.35. The number of hydrogen-bond acceptors (Lipinski definition) is 7. The summed E-state index contributed by atoms with van der Waals surface area (Å²) in [6.45, 7) is 0.311. The average molecular weight is 274 g/mol. The third-order valence-electron chi connectivity index (χ3n) is 1.96. The first-order valence-electron chi connectivity index (χ1n) is 4.64. The van der Waals surface area contributed by atoms with Crippen molar-refractivity contribution in [3.05, 3.63) is 29.2 Å². The molecule has 0 aliphatic heterocycles. The molecule has 7 nitrogen and oxygen atoms in total. The zero-order valence-electron chi connectivity index (χ0n) is 8.66. The van der Waals surface area contributed by atoms with Gasteiger partial charge in [0, 0.05) is 6.54 Å². The van der Waals surface area contributed by atoms with Gasteiger partial charge in [-0.3, -0.25) is 0 Å². The van der Waals surface area contributed by atoms with Crippen molar-refractivity contribution in [3.8, 4) is 0 Å². The summed E-state index contributed by atoms with van der Waals surface area (Å²) >= 11 is 1.12. The Balaban J connectivity index is 2.08. The summed E-state index contributed by atoms with van der Waals surface area (Å²) in [6.07, 6.45) is 1.14. The lowest BCUT2D eigenvalue weighted by Crippen LogP contribution is -2.23. The highest BCUT2D eigenvalue weighted by atomic mass is 32.2. The number of sulfonamides is 1. The highest BCUT2D eigenvalue weighted by molar-refractivity contribution is 7.91. The van der Waals surface area contributed by atoms with Crippen molar-refractivity contribution in [2.75, 3.05) is 0 Å². The van der Waals surface area contributed by atoms with Crippen LogP contribution in [0.4, 0.5) is 0 Å². The first-order valence-corrected chi connectivity index (χ1v) is 7.00. The zero-order chi connectivity index (χ0) is 12.3. The van der Waals surface area contributed by atoms with Crippen LogP contribution in [0.5, 0.6) is 0 Å². The summed E-state index contributed by atoms with van der Waals surface area (Å²) in [5.74, 6) is 0.282. The molecule has 2 aromatic rings. The number of hydrogen-bond donors (Lipinski definition) is 2. The molecule has 3 N–H and O–H groups in total. The summed E-state index contributed by atoms with van der Waals surface area (Å²) in [5.41, 5.74) is 6.20. The van der Waals surface area contributed by atoms with E-state index in [9.17, 15) is 8.42 Å². The van der Waals surface area contributed by atoms with Gasteiger partial charge in [0.15, 0.2) is 5.82 Å². The van der Waals surface area contributed by atoms with E-state index >= 15 is 0 Å². The van der Waals surface area contributed by atoms with Crippen molar-refractivity contribution in [3.63, 3.8) is 0 Å². The summed E-state index contributed by atoms with van der Waals surface area (Å²) in [4.78, 5) is 3.71. The van der Waals surface area contributed by atoms with Crippen LogP contribution in [-0.2, 0) is 23.1 Å². The average Bonchev–Trinajstić information content (AvgIpc) is 2.98. The molecule has 2 rings (SSSR count). The number of nitrogens with two attached hydrogens (primary N) is 1. The molecule has 2 aromatic heterocycles. The predicted molar refractivity (Wildman–Crippen MR) is 60.5 cm³/mol. The molecule has 0 aromatic carbocycles. The standard InChI is InChI=1S/C8H10N4O3S2/c9-2-6-1-8(16-4-6)17(13,14)11-3-7-10-5-15-12-7/h1,4-5,11H,2-3,9H2. The molecule has 2 heterocycles. The van der Waals surface area contributed by atoms with E-state index in [-0.39, 0.29) is 16.6 Å². The van der Waals surface area contributed by atoms with Gasteiger partial charge in [0.2, 0.25) is 16.4 Å². The summed E-state index contributed by atoms with van der Waals surface area (Å²) < 4.78 is 30.8. The van der Waals surface area contributed by atoms with Gasteiger partial charge < -0.3 is 10.3 Å². The number of nitrogens with one attached hydrogen (secondary N) is 1. The Morgan fingerprint density at radius 3 is 2.94 bits per heavy atom. The van der Waals surface area contributed by atoms with E-state index in [4.69, 9.17) is 5.73 Å². The van der Waals surface area contributed by atoms with Crippen molar-refractivity contribution in [2.45, 2.75) is 17.3 Å². The summed E-state index contributed by atoms with van der Waals surface area (Å²) in [7, 11) is -3.53. The predicted octanol–water partition coefficient (Wildman–Crippen LogP) is 0.0683. The molecule has 92 valence electrons. The smallest absolute Gasteiger partial charge is 0.250 e. The van der Waals surface area contributed by atoms with E-state index < -0.39 is 10.0 Å². The Morgan fingerprint density at radius 2 is 2.35 bits per heavy atom. The molecule has 17 heavy (non-hydrogen) atoms. The molecule has 9 heteroatoms. The molecule has 0 spiro atoms. The van der Waals surface area contributed by atoms with Crippen LogP contribution in [0, 0.1) is 0 Å². The van der Waals surface area contributed by atoms with Gasteiger partial charge in [0.05, 0.1) is 6.54 Å². The molecule has 0 fully saturated rings. The molecule has 0 saturated carbocycles. The second kappa shape index (κ2) is 4.92. The Bertz CT molecular complexity index is 576. The first kappa shape index (κ1) is 12.2. The van der Waals surface area contributed by atoms with E-state index in [1.165, 1.54) is 0 Å². The third kappa shape index (κ3) is 2.88. The lowest BCUT2D eigenvalue weighted by molar-refractivity contribution is 0.409. The molecule has 0 bridgehead atoms. The van der Waals surface area contributed by atoms with Crippen molar-refractivity contribution >= 4 is 21.4 Å². The Kier molecular flexibility index (Phi) is 3.52. The molecule has 0 aliphatic rings. The monoisotopic (exact) mass is 274 g/mol. The minimum Gasteiger partial charge on any atom is -0.343 e. The lowest BCUT2D eigenvalue weighted by Gasteiger charge is -2.00.